The van der Waals surface area contributed by atoms with E-state index in [2.05, 4.69) is 80.6 Å². The van der Waals surface area contributed by atoms with Crippen molar-refractivity contribution in [3.8, 4) is 22.3 Å². The van der Waals surface area contributed by atoms with E-state index >= 15 is 0 Å². The van der Waals surface area contributed by atoms with Crippen molar-refractivity contribution in [1.82, 2.24) is 0 Å². The minimum absolute atomic E-state index is 0.948. The second kappa shape index (κ2) is 7.38. The van der Waals surface area contributed by atoms with Crippen LogP contribution in [0.15, 0.2) is 65.1 Å². The van der Waals surface area contributed by atoms with Crippen LogP contribution in [0, 0.1) is 20.8 Å². The van der Waals surface area contributed by atoms with E-state index in [1.807, 2.05) is 6.92 Å². The summed E-state index contributed by atoms with van der Waals surface area (Å²) in [6, 6.07) is 22.5. The normalized spacial score (nSPS) is 14.4. The number of allylic oxidation sites excluding steroid dienone is 1. The molecule has 0 bridgehead atoms. The number of fused-ring (bicyclic) bond motifs is 2. The third kappa shape index (κ3) is 3.07. The molecule has 0 atom stereocenters. The molecule has 0 fully saturated rings. The summed E-state index contributed by atoms with van der Waals surface area (Å²) in [6.07, 6.45) is 6.94. The van der Waals surface area contributed by atoms with Gasteiger partial charge in [0, 0.05) is 6.42 Å². The maximum absolute atomic E-state index is 5.96. The van der Waals surface area contributed by atoms with E-state index in [4.69, 9.17) is 4.42 Å². The molecule has 1 nitrogen and oxygen atoms in total. The van der Waals surface area contributed by atoms with Gasteiger partial charge in [-0.3, -0.25) is 0 Å². The van der Waals surface area contributed by atoms with Crippen LogP contribution >= 0.6 is 0 Å². The first kappa shape index (κ1) is 19.4. The van der Waals surface area contributed by atoms with Crippen LogP contribution in [-0.4, -0.2) is 0 Å². The zero-order valence-corrected chi connectivity index (χ0v) is 19.1. The van der Waals surface area contributed by atoms with Gasteiger partial charge in [-0.25, -0.2) is 0 Å². The molecule has 1 heterocycles. The van der Waals surface area contributed by atoms with Crippen LogP contribution in [0.5, 0.6) is 0 Å². The Bertz CT molecular complexity index is 1360. The quantitative estimate of drug-likeness (QED) is 0.329. The summed E-state index contributed by atoms with van der Waals surface area (Å²) in [5, 5.41) is 0. The largest absolute Gasteiger partial charge is 0.462 e. The predicted octanol–water partition coefficient (Wildman–Crippen LogP) is 8.12. The molecule has 6 rings (SSSR count). The molecule has 1 heteroatoms. The summed E-state index contributed by atoms with van der Waals surface area (Å²) < 4.78 is 5.96. The van der Waals surface area contributed by atoms with Gasteiger partial charge in [0.2, 0.25) is 0 Å². The molecule has 32 heavy (non-hydrogen) atoms. The molecule has 0 amide bonds. The summed E-state index contributed by atoms with van der Waals surface area (Å²) >= 11 is 0. The van der Waals surface area contributed by atoms with E-state index in [0.717, 1.165) is 17.9 Å². The van der Waals surface area contributed by atoms with Gasteiger partial charge >= 0.3 is 0 Å². The number of hydrogen-bond donors (Lipinski definition) is 0. The fourth-order valence-corrected chi connectivity index (χ4v) is 5.75. The Hall–Kier alpha value is -3.32. The fraction of sp³-hybridized carbons (Fsp3) is 0.226. The van der Waals surface area contributed by atoms with Gasteiger partial charge in [0.15, 0.2) is 0 Å². The molecular weight excluding hydrogens is 388 g/mol. The molecule has 0 saturated heterocycles. The molecule has 0 radical (unpaired) electrons. The highest BCUT2D eigenvalue weighted by molar-refractivity contribution is 5.93. The second-order valence-electron chi connectivity index (χ2n) is 9.41. The van der Waals surface area contributed by atoms with Crippen LogP contribution < -0.4 is 0 Å². The third-order valence-corrected chi connectivity index (χ3v) is 7.24. The summed E-state index contributed by atoms with van der Waals surface area (Å²) in [4.78, 5) is 0. The van der Waals surface area contributed by atoms with Crippen molar-refractivity contribution in [2.75, 3.05) is 0 Å². The average molecular weight is 417 g/mol. The van der Waals surface area contributed by atoms with Gasteiger partial charge in [-0.2, -0.15) is 0 Å². The van der Waals surface area contributed by atoms with Crippen LogP contribution in [0.1, 0.15) is 51.3 Å². The number of hydrogen-bond acceptors (Lipinski definition) is 1. The molecule has 4 aromatic rings. The van der Waals surface area contributed by atoms with Crippen molar-refractivity contribution >= 4 is 11.6 Å². The van der Waals surface area contributed by atoms with Gasteiger partial charge in [0.25, 0.3) is 0 Å². The molecule has 0 unspecified atom stereocenters. The van der Waals surface area contributed by atoms with Crippen LogP contribution in [0.25, 0.3) is 33.9 Å². The highest BCUT2D eigenvalue weighted by Gasteiger charge is 2.26. The number of rotatable bonds is 3. The maximum atomic E-state index is 5.96. The average Bonchev–Trinajstić information content (AvgIpc) is 3.51. The van der Waals surface area contributed by atoms with Gasteiger partial charge in [-0.1, -0.05) is 48.5 Å². The Balaban J connectivity index is 1.44. The Kier molecular flexibility index (Phi) is 4.47. The standard InChI is InChI=1S/C31H28O/c1-19-6-4-7-20(2)30(19)22-11-13-23(14-12-22)31-27-9-5-8-24(27)16-25-17-26(18-28(25)31)29-15-10-21(3)32-29/h4,6-7,10-17H,5,8-9,18H2,1-3H3. The maximum Gasteiger partial charge on any atom is 0.130 e. The van der Waals surface area contributed by atoms with Gasteiger partial charge in [0.1, 0.15) is 11.5 Å². The molecule has 158 valence electrons. The number of aryl methyl sites for hydroxylation is 4. The van der Waals surface area contributed by atoms with Crippen LogP contribution in [0.3, 0.4) is 0 Å². The van der Waals surface area contributed by atoms with E-state index in [0.29, 0.717) is 0 Å². The molecular formula is C31H28O. The van der Waals surface area contributed by atoms with E-state index in [1.54, 1.807) is 5.56 Å². The Labute approximate surface area is 190 Å². The monoisotopic (exact) mass is 416 g/mol. The molecule has 0 aliphatic heterocycles. The first-order valence-electron chi connectivity index (χ1n) is 11.7. The van der Waals surface area contributed by atoms with Crippen molar-refractivity contribution in [2.45, 2.75) is 46.5 Å². The van der Waals surface area contributed by atoms with Crippen LogP contribution in [-0.2, 0) is 19.3 Å². The predicted molar refractivity (Wildman–Crippen MR) is 134 cm³/mol. The summed E-state index contributed by atoms with van der Waals surface area (Å²) in [5.74, 6) is 1.98. The summed E-state index contributed by atoms with van der Waals surface area (Å²) in [7, 11) is 0. The summed E-state index contributed by atoms with van der Waals surface area (Å²) in [6.45, 7) is 6.43. The zero-order valence-electron chi connectivity index (χ0n) is 19.1. The van der Waals surface area contributed by atoms with E-state index in [9.17, 15) is 0 Å². The lowest BCUT2D eigenvalue weighted by molar-refractivity contribution is 0.521. The number of furan rings is 1. The lowest BCUT2D eigenvalue weighted by atomic mass is 9.87. The topological polar surface area (TPSA) is 13.1 Å². The first-order valence-corrected chi connectivity index (χ1v) is 11.7. The SMILES string of the molecule is Cc1ccc(C2=Cc3cc4c(c(-c5ccc(-c6c(C)cccc6C)cc5)c3C2)CCC4)o1. The second-order valence-corrected chi connectivity index (χ2v) is 9.41. The number of benzene rings is 3. The van der Waals surface area contributed by atoms with Crippen molar-refractivity contribution in [3.05, 3.63) is 106 Å². The molecule has 2 aliphatic carbocycles. The first-order chi connectivity index (χ1) is 15.6. The van der Waals surface area contributed by atoms with Crippen molar-refractivity contribution in [2.24, 2.45) is 0 Å². The van der Waals surface area contributed by atoms with Gasteiger partial charge in [0.05, 0.1) is 0 Å². The van der Waals surface area contributed by atoms with Crippen molar-refractivity contribution in [1.29, 1.82) is 0 Å². The van der Waals surface area contributed by atoms with Gasteiger partial charge < -0.3 is 4.42 Å². The van der Waals surface area contributed by atoms with Crippen LogP contribution in [0.2, 0.25) is 0 Å². The lowest BCUT2D eigenvalue weighted by Gasteiger charge is -2.17. The molecule has 0 N–H and O–H groups in total. The van der Waals surface area contributed by atoms with E-state index in [-0.39, 0.29) is 0 Å². The lowest BCUT2D eigenvalue weighted by Crippen LogP contribution is -1.98. The Morgan fingerprint density at radius 1 is 0.719 bits per heavy atom. The highest BCUT2D eigenvalue weighted by Crippen LogP contribution is 2.44. The van der Waals surface area contributed by atoms with Gasteiger partial charge in [-0.05, 0) is 119 Å². The smallest absolute Gasteiger partial charge is 0.130 e. The molecule has 1 aromatic heterocycles. The summed E-state index contributed by atoms with van der Waals surface area (Å²) in [5.41, 5.74) is 15.4. The minimum atomic E-state index is 0.948. The zero-order chi connectivity index (χ0) is 21.8. The van der Waals surface area contributed by atoms with E-state index < -0.39 is 0 Å². The molecule has 0 spiro atoms. The Morgan fingerprint density at radius 3 is 2.12 bits per heavy atom. The van der Waals surface area contributed by atoms with Gasteiger partial charge in [-0.15, -0.1) is 0 Å². The molecule has 3 aromatic carbocycles. The van der Waals surface area contributed by atoms with Crippen LogP contribution in [0.4, 0.5) is 0 Å². The minimum Gasteiger partial charge on any atom is -0.462 e. The highest BCUT2D eigenvalue weighted by atomic mass is 16.3. The van der Waals surface area contributed by atoms with Crippen molar-refractivity contribution in [3.63, 3.8) is 0 Å². The molecule has 0 saturated carbocycles. The fourth-order valence-electron chi connectivity index (χ4n) is 5.75. The Morgan fingerprint density at radius 2 is 1.44 bits per heavy atom. The van der Waals surface area contributed by atoms with Crippen molar-refractivity contribution < 1.29 is 4.42 Å². The molecule has 2 aliphatic rings. The third-order valence-electron chi connectivity index (χ3n) is 7.24. The van der Waals surface area contributed by atoms with E-state index in [1.165, 1.54) is 74.9 Å².